The van der Waals surface area contributed by atoms with Crippen LogP contribution < -0.4 is 0 Å². The largest absolute Gasteiger partial charge is 0.393 e. The Bertz CT molecular complexity index is 756. The van der Waals surface area contributed by atoms with Gasteiger partial charge in [0.2, 0.25) is 0 Å². The number of fused-ring (bicyclic) bond motifs is 1. The number of aliphatic hydroxyl groups is 3. The van der Waals surface area contributed by atoms with E-state index >= 15 is 0 Å². The summed E-state index contributed by atoms with van der Waals surface area (Å²) in [5.74, 6) is 1.87. The minimum Gasteiger partial charge on any atom is -0.393 e. The smallest absolute Gasteiger partial charge is 0.0822 e. The Morgan fingerprint density at radius 1 is 1.16 bits per heavy atom. The molecule has 31 heavy (non-hydrogen) atoms. The third kappa shape index (κ3) is 5.10. The number of rotatable bonds is 5. The van der Waals surface area contributed by atoms with Gasteiger partial charge in [-0.15, -0.1) is 0 Å². The Morgan fingerprint density at radius 3 is 2.55 bits per heavy atom. The minimum atomic E-state index is -0.755. The molecule has 7 atom stereocenters. The van der Waals surface area contributed by atoms with E-state index in [1.165, 1.54) is 31.3 Å². The van der Waals surface area contributed by atoms with E-state index in [9.17, 15) is 15.3 Å². The Morgan fingerprint density at radius 2 is 1.87 bits per heavy atom. The molecule has 0 heterocycles. The first-order valence-electron chi connectivity index (χ1n) is 12.3. The molecule has 0 aromatic carbocycles. The van der Waals surface area contributed by atoms with E-state index in [1.807, 2.05) is 13.0 Å². The first-order chi connectivity index (χ1) is 14.5. The zero-order chi connectivity index (χ0) is 23.0. The van der Waals surface area contributed by atoms with Crippen LogP contribution in [0.3, 0.4) is 0 Å². The van der Waals surface area contributed by atoms with Crippen molar-refractivity contribution < 1.29 is 15.3 Å². The molecule has 3 N–H and O–H groups in total. The van der Waals surface area contributed by atoms with E-state index in [-0.39, 0.29) is 5.92 Å². The fourth-order valence-corrected chi connectivity index (χ4v) is 6.28. The van der Waals surface area contributed by atoms with Gasteiger partial charge in [-0.2, -0.15) is 0 Å². The lowest BCUT2D eigenvalue weighted by atomic mass is 9.61. The van der Waals surface area contributed by atoms with Crippen LogP contribution in [0, 0.1) is 29.1 Å². The van der Waals surface area contributed by atoms with Gasteiger partial charge < -0.3 is 15.3 Å². The van der Waals surface area contributed by atoms with Crippen LogP contribution in [0.1, 0.15) is 79.6 Å². The van der Waals surface area contributed by atoms with Crippen LogP contribution in [0.15, 0.2) is 47.6 Å². The van der Waals surface area contributed by atoms with Gasteiger partial charge in [-0.25, -0.2) is 0 Å². The van der Waals surface area contributed by atoms with Crippen LogP contribution in [0.4, 0.5) is 0 Å². The molecular weight excluding hydrogens is 384 g/mol. The maximum atomic E-state index is 10.6. The van der Waals surface area contributed by atoms with Crippen molar-refractivity contribution in [2.45, 2.75) is 97.4 Å². The number of hydrogen-bond acceptors (Lipinski definition) is 3. The highest BCUT2D eigenvalue weighted by atomic mass is 16.3. The van der Waals surface area contributed by atoms with Gasteiger partial charge in [0.25, 0.3) is 0 Å². The standard InChI is InChI=1S/C28H44O3/c1-18(2)28(6,31)15-13-19(3)24-11-12-25-21(8-7-14-27(24,25)5)9-10-22-16-23(29)17-26(30)20(22)4/h9-10,13,15,18-19,23-26,29-31H,4,7-8,11-12,14,16-17H2,1-3,5-6H3/b15-13+,21-9+,22-10-/t19-,23-,24-,25+,26+,27-,28?/m1/s1. The van der Waals surface area contributed by atoms with E-state index in [2.05, 4.69) is 52.5 Å². The number of aliphatic hydroxyl groups excluding tert-OH is 2. The molecule has 0 aromatic rings. The average molecular weight is 429 g/mol. The molecule has 3 nitrogen and oxygen atoms in total. The van der Waals surface area contributed by atoms with Crippen molar-refractivity contribution in [3.8, 4) is 0 Å². The van der Waals surface area contributed by atoms with E-state index in [0.717, 1.165) is 17.6 Å². The summed E-state index contributed by atoms with van der Waals surface area (Å²) in [6.07, 6.45) is 14.6. The number of hydrogen-bond donors (Lipinski definition) is 3. The van der Waals surface area contributed by atoms with Crippen molar-refractivity contribution in [2.75, 3.05) is 0 Å². The monoisotopic (exact) mass is 428 g/mol. The second kappa shape index (κ2) is 9.37. The predicted molar refractivity (Wildman–Crippen MR) is 128 cm³/mol. The lowest BCUT2D eigenvalue weighted by molar-refractivity contribution is 0.0607. The topological polar surface area (TPSA) is 60.7 Å². The van der Waals surface area contributed by atoms with Gasteiger partial charge in [0.1, 0.15) is 0 Å². The van der Waals surface area contributed by atoms with Crippen molar-refractivity contribution in [3.63, 3.8) is 0 Å². The highest BCUT2D eigenvalue weighted by Crippen LogP contribution is 2.59. The summed E-state index contributed by atoms with van der Waals surface area (Å²) in [6, 6.07) is 0. The van der Waals surface area contributed by atoms with Crippen molar-refractivity contribution in [1.82, 2.24) is 0 Å². The summed E-state index contributed by atoms with van der Waals surface area (Å²) >= 11 is 0. The summed E-state index contributed by atoms with van der Waals surface area (Å²) in [6.45, 7) is 14.9. The molecule has 3 saturated carbocycles. The Hall–Kier alpha value is -1.16. The normalized spacial score (nSPS) is 40.0. The Labute approximate surface area is 189 Å². The molecule has 3 aliphatic carbocycles. The third-order valence-corrected chi connectivity index (χ3v) is 8.84. The van der Waals surface area contributed by atoms with Crippen LogP contribution in [0.25, 0.3) is 0 Å². The average Bonchev–Trinajstić information content (AvgIpc) is 3.05. The van der Waals surface area contributed by atoms with Crippen molar-refractivity contribution >= 4 is 0 Å². The van der Waals surface area contributed by atoms with Gasteiger partial charge >= 0.3 is 0 Å². The molecular formula is C28H44O3. The van der Waals surface area contributed by atoms with Gasteiger partial charge in [-0.05, 0) is 85.7 Å². The SMILES string of the molecule is C=C1/C(=C\C=C2/CCC[C@]3(C)[C@@H]([C@H](C)/C=C/C(C)(O)C(C)C)CC[C@@H]23)C[C@@H](O)C[C@@H]1O. The maximum absolute atomic E-state index is 10.6. The molecule has 1 unspecified atom stereocenters. The van der Waals surface area contributed by atoms with Gasteiger partial charge in [0, 0.05) is 6.42 Å². The van der Waals surface area contributed by atoms with E-state index < -0.39 is 17.8 Å². The minimum absolute atomic E-state index is 0.201. The summed E-state index contributed by atoms with van der Waals surface area (Å²) < 4.78 is 0. The maximum Gasteiger partial charge on any atom is 0.0822 e. The van der Waals surface area contributed by atoms with Crippen LogP contribution in [-0.4, -0.2) is 33.1 Å². The van der Waals surface area contributed by atoms with Gasteiger partial charge in [0.05, 0.1) is 17.8 Å². The molecule has 0 amide bonds. The Kier molecular flexibility index (Phi) is 7.40. The molecule has 3 heteroatoms. The van der Waals surface area contributed by atoms with Crippen LogP contribution in [0.2, 0.25) is 0 Å². The summed E-state index contributed by atoms with van der Waals surface area (Å²) in [7, 11) is 0. The van der Waals surface area contributed by atoms with Crippen molar-refractivity contribution in [3.05, 3.63) is 47.6 Å². The third-order valence-electron chi connectivity index (χ3n) is 8.84. The zero-order valence-corrected chi connectivity index (χ0v) is 20.3. The molecule has 3 rings (SSSR count). The molecule has 0 radical (unpaired) electrons. The van der Waals surface area contributed by atoms with E-state index in [4.69, 9.17) is 0 Å². The highest BCUT2D eigenvalue weighted by molar-refractivity contribution is 5.38. The molecule has 0 spiro atoms. The summed E-state index contributed by atoms with van der Waals surface area (Å²) in [4.78, 5) is 0. The van der Waals surface area contributed by atoms with E-state index in [1.54, 1.807) is 0 Å². The fourth-order valence-electron chi connectivity index (χ4n) is 6.28. The van der Waals surface area contributed by atoms with Gasteiger partial charge in [-0.3, -0.25) is 0 Å². The van der Waals surface area contributed by atoms with Crippen molar-refractivity contribution in [2.24, 2.45) is 29.1 Å². The quantitative estimate of drug-likeness (QED) is 0.490. The Balaban J connectivity index is 1.78. The predicted octanol–water partition coefficient (Wildman–Crippen LogP) is 5.73. The number of allylic oxidation sites excluding steroid dienone is 4. The molecule has 3 aliphatic rings. The molecule has 0 bridgehead atoms. The molecule has 0 aliphatic heterocycles. The second-order valence-electron chi connectivity index (χ2n) is 11.3. The lowest BCUT2D eigenvalue weighted by Crippen LogP contribution is -2.36. The first kappa shape index (κ1) is 24.5. The second-order valence-corrected chi connectivity index (χ2v) is 11.3. The molecule has 0 saturated heterocycles. The highest BCUT2D eigenvalue weighted by Gasteiger charge is 2.50. The fraction of sp³-hybridized carbons (Fsp3) is 0.714. The molecule has 3 fully saturated rings. The van der Waals surface area contributed by atoms with Gasteiger partial charge in [0.15, 0.2) is 0 Å². The molecule has 0 aromatic heterocycles. The van der Waals surface area contributed by atoms with Crippen LogP contribution in [0.5, 0.6) is 0 Å². The van der Waals surface area contributed by atoms with Crippen LogP contribution in [-0.2, 0) is 0 Å². The van der Waals surface area contributed by atoms with Gasteiger partial charge in [-0.1, -0.05) is 64.2 Å². The van der Waals surface area contributed by atoms with Crippen molar-refractivity contribution in [1.29, 1.82) is 0 Å². The molecule has 174 valence electrons. The van der Waals surface area contributed by atoms with E-state index in [0.29, 0.717) is 36.0 Å². The zero-order valence-electron chi connectivity index (χ0n) is 20.3. The van der Waals surface area contributed by atoms with Crippen LogP contribution >= 0.6 is 0 Å². The lowest BCUT2D eigenvalue weighted by Gasteiger charge is -2.44. The summed E-state index contributed by atoms with van der Waals surface area (Å²) in [5, 5.41) is 30.8. The first-order valence-corrected chi connectivity index (χ1v) is 12.3. The summed E-state index contributed by atoms with van der Waals surface area (Å²) in [5.41, 5.74) is 2.82.